The lowest BCUT2D eigenvalue weighted by molar-refractivity contribution is 0.122. The van der Waals surface area contributed by atoms with Crippen molar-refractivity contribution in [3.05, 3.63) is 56.5 Å². The minimum absolute atomic E-state index is 0.202. The van der Waals surface area contributed by atoms with Crippen LogP contribution in [0.1, 0.15) is 16.8 Å². The Labute approximate surface area is 187 Å². The van der Waals surface area contributed by atoms with Gasteiger partial charge in [0, 0.05) is 29.4 Å². The summed E-state index contributed by atoms with van der Waals surface area (Å²) in [5.41, 5.74) is 5.71. The molecule has 2 aromatic heterocycles. The van der Waals surface area contributed by atoms with E-state index in [0.717, 1.165) is 42.5 Å². The van der Waals surface area contributed by atoms with Crippen molar-refractivity contribution in [3.8, 4) is 0 Å². The van der Waals surface area contributed by atoms with E-state index in [-0.39, 0.29) is 5.43 Å². The van der Waals surface area contributed by atoms with Gasteiger partial charge in [-0.25, -0.2) is 10.4 Å². The quantitative estimate of drug-likeness (QED) is 0.471. The van der Waals surface area contributed by atoms with Crippen LogP contribution in [0.3, 0.4) is 0 Å². The van der Waals surface area contributed by atoms with Gasteiger partial charge in [-0.15, -0.1) is 0 Å². The van der Waals surface area contributed by atoms with E-state index in [1.54, 1.807) is 18.2 Å². The summed E-state index contributed by atoms with van der Waals surface area (Å²) in [5, 5.41) is 5.08. The molecule has 160 valence electrons. The SMILES string of the molecule is O=c1c(/C=N/Nc2nc3c(c(N4CCOCC4)n2)CSCC3)coc2ccc(Cl)cc12. The van der Waals surface area contributed by atoms with Crippen LogP contribution in [-0.2, 0) is 16.9 Å². The standard InChI is InChI=1S/C21H20ClN5O3S/c22-14-1-2-18-15(9-14)19(28)13(11-30-18)10-23-26-21-24-17-3-8-31-12-16(17)20(25-21)27-4-6-29-7-5-27/h1-2,9-11H,3-8,12H2,(H,24,25,26)/b23-10+. The number of thioether (sulfide) groups is 1. The van der Waals surface area contributed by atoms with Crippen LogP contribution < -0.4 is 15.8 Å². The molecule has 1 fully saturated rings. The van der Waals surface area contributed by atoms with Gasteiger partial charge >= 0.3 is 0 Å². The number of benzene rings is 1. The first-order valence-electron chi connectivity index (χ1n) is 9.99. The van der Waals surface area contributed by atoms with Crippen molar-refractivity contribution < 1.29 is 9.15 Å². The van der Waals surface area contributed by atoms with Crippen LogP contribution in [0.4, 0.5) is 11.8 Å². The molecule has 0 saturated carbocycles. The molecule has 1 N–H and O–H groups in total. The number of aryl methyl sites for hydroxylation is 1. The second-order valence-corrected chi connectivity index (χ2v) is 8.77. The molecular formula is C21H20ClN5O3S. The van der Waals surface area contributed by atoms with Gasteiger partial charge in [-0.2, -0.15) is 21.8 Å². The number of nitrogens with one attached hydrogen (secondary N) is 1. The Hall–Kier alpha value is -2.62. The lowest BCUT2D eigenvalue weighted by Crippen LogP contribution is -2.38. The number of aromatic nitrogens is 2. The predicted octanol–water partition coefficient (Wildman–Crippen LogP) is 3.31. The summed E-state index contributed by atoms with van der Waals surface area (Å²) in [4.78, 5) is 24.3. The van der Waals surface area contributed by atoms with Crippen molar-refractivity contribution in [1.82, 2.24) is 9.97 Å². The molecule has 2 aliphatic rings. The largest absolute Gasteiger partial charge is 0.463 e. The summed E-state index contributed by atoms with van der Waals surface area (Å²) < 4.78 is 11.0. The van der Waals surface area contributed by atoms with E-state index in [4.69, 9.17) is 25.7 Å². The number of fused-ring (bicyclic) bond motifs is 2. The number of rotatable bonds is 4. The third-order valence-corrected chi connectivity index (χ3v) is 6.46. The van der Waals surface area contributed by atoms with Crippen LogP contribution >= 0.6 is 23.4 Å². The molecule has 4 heterocycles. The highest BCUT2D eigenvalue weighted by atomic mass is 35.5. The summed E-state index contributed by atoms with van der Waals surface area (Å²) in [5.74, 6) is 3.30. The van der Waals surface area contributed by atoms with E-state index in [9.17, 15) is 4.79 Å². The molecule has 1 saturated heterocycles. The molecule has 0 amide bonds. The van der Waals surface area contributed by atoms with Gasteiger partial charge in [0.25, 0.3) is 0 Å². The molecule has 0 aliphatic carbocycles. The van der Waals surface area contributed by atoms with Crippen molar-refractivity contribution in [3.63, 3.8) is 0 Å². The van der Waals surface area contributed by atoms with Crippen LogP contribution in [0.2, 0.25) is 5.02 Å². The number of nitrogens with zero attached hydrogens (tertiary/aromatic N) is 4. The zero-order chi connectivity index (χ0) is 21.2. The van der Waals surface area contributed by atoms with E-state index in [0.29, 0.717) is 40.7 Å². The fraction of sp³-hybridized carbons (Fsp3) is 0.333. The average molecular weight is 458 g/mol. The maximum absolute atomic E-state index is 12.7. The number of morpholine rings is 1. The average Bonchev–Trinajstić information content (AvgIpc) is 2.81. The maximum Gasteiger partial charge on any atom is 0.245 e. The van der Waals surface area contributed by atoms with Gasteiger partial charge in [-0.05, 0) is 30.4 Å². The summed E-state index contributed by atoms with van der Waals surface area (Å²) in [6.45, 7) is 2.98. The smallest absolute Gasteiger partial charge is 0.245 e. The normalized spacial score (nSPS) is 16.6. The molecule has 0 unspecified atom stereocenters. The van der Waals surface area contributed by atoms with E-state index < -0.39 is 0 Å². The topological polar surface area (TPSA) is 92.9 Å². The van der Waals surface area contributed by atoms with Gasteiger partial charge in [-0.3, -0.25) is 4.79 Å². The van der Waals surface area contributed by atoms with Crippen LogP contribution in [0.25, 0.3) is 11.0 Å². The third-order valence-electron chi connectivity index (χ3n) is 5.24. The molecule has 10 heteroatoms. The maximum atomic E-state index is 12.7. The van der Waals surface area contributed by atoms with Gasteiger partial charge in [0.2, 0.25) is 11.4 Å². The molecule has 8 nitrogen and oxygen atoms in total. The van der Waals surface area contributed by atoms with Gasteiger partial charge in [0.15, 0.2) is 0 Å². The Morgan fingerprint density at radius 2 is 2.13 bits per heavy atom. The lowest BCUT2D eigenvalue weighted by Gasteiger charge is -2.31. The van der Waals surface area contributed by atoms with Gasteiger partial charge < -0.3 is 14.1 Å². The highest BCUT2D eigenvalue weighted by Crippen LogP contribution is 2.31. The molecule has 5 rings (SSSR count). The molecule has 0 radical (unpaired) electrons. The van der Waals surface area contributed by atoms with E-state index in [1.165, 1.54) is 18.0 Å². The predicted molar refractivity (Wildman–Crippen MR) is 124 cm³/mol. The van der Waals surface area contributed by atoms with E-state index in [2.05, 4.69) is 20.4 Å². The van der Waals surface area contributed by atoms with Crippen molar-refractivity contribution in [2.24, 2.45) is 5.10 Å². The molecule has 31 heavy (non-hydrogen) atoms. The Kier molecular flexibility index (Phi) is 5.80. The molecule has 2 aliphatic heterocycles. The molecule has 0 bridgehead atoms. The molecular weight excluding hydrogens is 438 g/mol. The number of hydrogen-bond acceptors (Lipinski definition) is 9. The van der Waals surface area contributed by atoms with Crippen molar-refractivity contribution >= 4 is 52.3 Å². The van der Waals surface area contributed by atoms with Gasteiger partial charge in [0.05, 0.1) is 36.1 Å². The van der Waals surface area contributed by atoms with Crippen LogP contribution in [0.15, 0.2) is 38.8 Å². The Bertz CT molecular complexity index is 1210. The van der Waals surface area contributed by atoms with Crippen LogP contribution in [0.5, 0.6) is 0 Å². The summed E-state index contributed by atoms with van der Waals surface area (Å²) in [7, 11) is 0. The minimum Gasteiger partial charge on any atom is -0.463 e. The highest BCUT2D eigenvalue weighted by molar-refractivity contribution is 7.98. The Morgan fingerprint density at radius 3 is 3.00 bits per heavy atom. The first kappa shape index (κ1) is 20.3. The van der Waals surface area contributed by atoms with Crippen LogP contribution in [-0.4, -0.2) is 48.2 Å². The molecule has 0 atom stereocenters. The van der Waals surface area contributed by atoms with Crippen molar-refractivity contribution in [2.45, 2.75) is 12.2 Å². The Balaban J connectivity index is 1.42. The lowest BCUT2D eigenvalue weighted by atomic mass is 10.1. The zero-order valence-corrected chi connectivity index (χ0v) is 18.2. The summed E-state index contributed by atoms with van der Waals surface area (Å²) >= 11 is 7.91. The molecule has 3 aromatic rings. The number of anilines is 2. The molecule has 0 spiro atoms. The highest BCUT2D eigenvalue weighted by Gasteiger charge is 2.23. The van der Waals surface area contributed by atoms with Gasteiger partial charge in [0.1, 0.15) is 17.7 Å². The first-order chi connectivity index (χ1) is 15.2. The first-order valence-corrected chi connectivity index (χ1v) is 11.5. The third kappa shape index (κ3) is 4.26. The fourth-order valence-corrected chi connectivity index (χ4v) is 4.82. The van der Waals surface area contributed by atoms with Crippen LogP contribution in [0, 0.1) is 0 Å². The van der Waals surface area contributed by atoms with E-state index in [1.807, 2.05) is 11.8 Å². The monoisotopic (exact) mass is 457 g/mol. The van der Waals surface area contributed by atoms with E-state index >= 15 is 0 Å². The minimum atomic E-state index is -0.202. The summed E-state index contributed by atoms with van der Waals surface area (Å²) in [6, 6.07) is 4.94. The van der Waals surface area contributed by atoms with Crippen molar-refractivity contribution in [1.29, 1.82) is 0 Å². The summed E-state index contributed by atoms with van der Waals surface area (Å²) in [6.07, 6.45) is 3.69. The van der Waals surface area contributed by atoms with Gasteiger partial charge in [-0.1, -0.05) is 11.6 Å². The number of ether oxygens (including phenoxy) is 1. The number of halogens is 1. The Morgan fingerprint density at radius 1 is 1.26 bits per heavy atom. The zero-order valence-electron chi connectivity index (χ0n) is 16.6. The number of hydrogen-bond donors (Lipinski definition) is 1. The number of hydrazone groups is 1. The van der Waals surface area contributed by atoms with Crippen molar-refractivity contribution in [2.75, 3.05) is 42.4 Å². The second-order valence-electron chi connectivity index (χ2n) is 7.23. The second kappa shape index (κ2) is 8.86. The fourth-order valence-electron chi connectivity index (χ4n) is 3.67. The molecule has 1 aromatic carbocycles.